The average Bonchev–Trinajstić information content (AvgIpc) is 2.77. The minimum atomic E-state index is -0.285. The molecule has 0 aliphatic heterocycles. The van der Waals surface area contributed by atoms with E-state index in [4.69, 9.17) is 11.6 Å². The van der Waals surface area contributed by atoms with Gasteiger partial charge in [-0.1, -0.05) is 6.07 Å². The monoisotopic (exact) mass is 307 g/mol. The van der Waals surface area contributed by atoms with Gasteiger partial charge < -0.3 is 4.90 Å². The number of hydrogen-bond acceptors (Lipinski definition) is 4. The second kappa shape index (κ2) is 5.00. The molecular weight excluding hydrogens is 297 g/mol. The van der Waals surface area contributed by atoms with Crippen molar-refractivity contribution in [3.05, 3.63) is 46.3 Å². The van der Waals surface area contributed by atoms with Gasteiger partial charge in [0.15, 0.2) is 0 Å². The van der Waals surface area contributed by atoms with Crippen molar-refractivity contribution in [2.75, 3.05) is 11.9 Å². The molecule has 0 unspecified atom stereocenters. The predicted octanol–water partition coefficient (Wildman–Crippen LogP) is 4.56. The number of halogens is 2. The Morgan fingerprint density at radius 3 is 2.80 bits per heavy atom. The van der Waals surface area contributed by atoms with Gasteiger partial charge in [0.1, 0.15) is 16.5 Å². The Labute approximate surface area is 124 Å². The van der Waals surface area contributed by atoms with Gasteiger partial charge in [-0.05, 0) is 42.8 Å². The lowest BCUT2D eigenvalue weighted by atomic mass is 10.2. The Morgan fingerprint density at radius 1 is 1.25 bits per heavy atom. The second-order valence-corrected chi connectivity index (χ2v) is 6.00. The van der Waals surface area contributed by atoms with Gasteiger partial charge in [-0.2, -0.15) is 4.98 Å². The summed E-state index contributed by atoms with van der Waals surface area (Å²) in [6.07, 6.45) is 0. The molecule has 0 atom stereocenters. The summed E-state index contributed by atoms with van der Waals surface area (Å²) in [6.45, 7) is 2.01. The van der Waals surface area contributed by atoms with Crippen LogP contribution in [-0.4, -0.2) is 17.0 Å². The summed E-state index contributed by atoms with van der Waals surface area (Å²) in [5.41, 5.74) is 0.713. The number of fused-ring (bicyclic) bond motifs is 1. The lowest BCUT2D eigenvalue weighted by molar-refractivity contribution is 0.628. The summed E-state index contributed by atoms with van der Waals surface area (Å²) in [5, 5.41) is 1.11. The van der Waals surface area contributed by atoms with Crippen LogP contribution in [0.15, 0.2) is 30.3 Å². The quantitative estimate of drug-likeness (QED) is 0.650. The molecule has 0 amide bonds. The van der Waals surface area contributed by atoms with E-state index in [2.05, 4.69) is 9.97 Å². The van der Waals surface area contributed by atoms with Crippen LogP contribution in [0.2, 0.25) is 5.28 Å². The fourth-order valence-corrected chi connectivity index (χ4v) is 3.15. The van der Waals surface area contributed by atoms with Crippen LogP contribution in [0.5, 0.6) is 0 Å². The van der Waals surface area contributed by atoms with Crippen LogP contribution in [-0.2, 0) is 0 Å². The van der Waals surface area contributed by atoms with Crippen molar-refractivity contribution in [2.45, 2.75) is 6.92 Å². The van der Waals surface area contributed by atoms with E-state index in [1.54, 1.807) is 17.4 Å². The van der Waals surface area contributed by atoms with Gasteiger partial charge >= 0.3 is 0 Å². The van der Waals surface area contributed by atoms with Crippen LogP contribution in [0, 0.1) is 12.7 Å². The molecule has 0 aliphatic carbocycles. The van der Waals surface area contributed by atoms with E-state index in [1.165, 1.54) is 12.1 Å². The van der Waals surface area contributed by atoms with Crippen LogP contribution >= 0.6 is 22.9 Å². The van der Waals surface area contributed by atoms with Gasteiger partial charge in [-0.15, -0.1) is 11.3 Å². The Bertz CT molecular complexity index is 787. The third-order valence-electron chi connectivity index (χ3n) is 2.98. The molecule has 0 spiro atoms. The molecule has 2 heterocycles. The number of thiophene rings is 1. The van der Waals surface area contributed by atoms with E-state index in [0.717, 1.165) is 15.1 Å². The summed E-state index contributed by atoms with van der Waals surface area (Å²) in [4.78, 5) is 12.3. The molecule has 102 valence electrons. The summed E-state index contributed by atoms with van der Waals surface area (Å²) in [6, 6.07) is 8.38. The molecule has 3 nitrogen and oxygen atoms in total. The molecule has 2 aromatic heterocycles. The third kappa shape index (κ3) is 2.34. The Kier molecular flexibility index (Phi) is 3.31. The minimum Gasteiger partial charge on any atom is -0.329 e. The predicted molar refractivity (Wildman–Crippen MR) is 81.6 cm³/mol. The topological polar surface area (TPSA) is 29.0 Å². The van der Waals surface area contributed by atoms with E-state index in [9.17, 15) is 4.39 Å². The first-order chi connectivity index (χ1) is 9.54. The summed E-state index contributed by atoms with van der Waals surface area (Å²) in [5.74, 6) is 0.391. The maximum absolute atomic E-state index is 13.4. The smallest absolute Gasteiger partial charge is 0.225 e. The Hall–Kier alpha value is -1.72. The van der Waals surface area contributed by atoms with E-state index in [0.29, 0.717) is 11.5 Å². The highest BCUT2D eigenvalue weighted by molar-refractivity contribution is 7.18. The molecule has 3 rings (SSSR count). The molecule has 0 N–H and O–H groups in total. The minimum absolute atomic E-state index is 0.192. The molecule has 3 aromatic rings. The normalized spacial score (nSPS) is 11.0. The van der Waals surface area contributed by atoms with Crippen molar-refractivity contribution in [3.8, 4) is 0 Å². The van der Waals surface area contributed by atoms with Crippen LogP contribution in [0.3, 0.4) is 0 Å². The fourth-order valence-electron chi connectivity index (χ4n) is 2.06. The van der Waals surface area contributed by atoms with E-state index >= 15 is 0 Å². The van der Waals surface area contributed by atoms with Crippen molar-refractivity contribution in [2.24, 2.45) is 0 Å². The molecule has 20 heavy (non-hydrogen) atoms. The summed E-state index contributed by atoms with van der Waals surface area (Å²) in [7, 11) is 1.83. The van der Waals surface area contributed by atoms with Crippen molar-refractivity contribution < 1.29 is 4.39 Å². The number of benzene rings is 1. The second-order valence-electron chi connectivity index (χ2n) is 4.43. The lowest BCUT2D eigenvalue weighted by Crippen LogP contribution is -2.12. The van der Waals surface area contributed by atoms with Gasteiger partial charge in [0.2, 0.25) is 5.28 Å². The first kappa shape index (κ1) is 13.3. The average molecular weight is 308 g/mol. The number of rotatable bonds is 2. The van der Waals surface area contributed by atoms with E-state index in [1.807, 2.05) is 31.0 Å². The number of anilines is 2. The standard InChI is InChI=1S/C14H11ClFN3S/c1-8-6-11-12(17-14(15)18-13(11)20-8)19(2)10-5-3-4-9(16)7-10/h3-7H,1-2H3. The third-order valence-corrected chi connectivity index (χ3v) is 4.10. The Morgan fingerprint density at radius 2 is 2.05 bits per heavy atom. The SMILES string of the molecule is Cc1cc2c(N(C)c3cccc(F)c3)nc(Cl)nc2s1. The van der Waals surface area contributed by atoms with Crippen molar-refractivity contribution in [1.29, 1.82) is 0 Å². The zero-order valence-corrected chi connectivity index (χ0v) is 12.5. The first-order valence-electron chi connectivity index (χ1n) is 5.97. The van der Waals surface area contributed by atoms with Crippen LogP contribution in [0.4, 0.5) is 15.9 Å². The van der Waals surface area contributed by atoms with Gasteiger partial charge in [-0.3, -0.25) is 0 Å². The zero-order valence-electron chi connectivity index (χ0n) is 10.9. The highest BCUT2D eigenvalue weighted by Gasteiger charge is 2.14. The van der Waals surface area contributed by atoms with Crippen molar-refractivity contribution in [1.82, 2.24) is 9.97 Å². The van der Waals surface area contributed by atoms with Crippen molar-refractivity contribution >= 4 is 44.7 Å². The molecule has 1 aromatic carbocycles. The largest absolute Gasteiger partial charge is 0.329 e. The van der Waals surface area contributed by atoms with Crippen LogP contribution < -0.4 is 4.90 Å². The van der Waals surface area contributed by atoms with Crippen molar-refractivity contribution in [3.63, 3.8) is 0 Å². The molecule has 0 bridgehead atoms. The zero-order chi connectivity index (χ0) is 14.3. The van der Waals surface area contributed by atoms with Gasteiger partial charge in [0.05, 0.1) is 5.39 Å². The summed E-state index contributed by atoms with van der Waals surface area (Å²) >= 11 is 7.54. The highest BCUT2D eigenvalue weighted by Crippen LogP contribution is 2.34. The van der Waals surface area contributed by atoms with Crippen LogP contribution in [0.1, 0.15) is 4.88 Å². The van der Waals surface area contributed by atoms with E-state index in [-0.39, 0.29) is 11.1 Å². The number of aryl methyl sites for hydroxylation is 1. The van der Waals surface area contributed by atoms with Gasteiger partial charge in [-0.25, -0.2) is 9.37 Å². The molecule has 0 saturated heterocycles. The number of aromatic nitrogens is 2. The summed E-state index contributed by atoms with van der Waals surface area (Å²) < 4.78 is 13.4. The van der Waals surface area contributed by atoms with E-state index < -0.39 is 0 Å². The maximum atomic E-state index is 13.4. The lowest BCUT2D eigenvalue weighted by Gasteiger charge is -2.19. The maximum Gasteiger partial charge on any atom is 0.225 e. The number of hydrogen-bond donors (Lipinski definition) is 0. The number of nitrogens with zero attached hydrogens (tertiary/aromatic N) is 3. The molecule has 0 radical (unpaired) electrons. The Balaban J connectivity index is 2.18. The molecule has 0 aliphatic rings. The van der Waals surface area contributed by atoms with Crippen LogP contribution in [0.25, 0.3) is 10.2 Å². The highest BCUT2D eigenvalue weighted by atomic mass is 35.5. The van der Waals surface area contributed by atoms with Gasteiger partial charge in [0, 0.05) is 17.6 Å². The molecular formula is C14H11ClFN3S. The first-order valence-corrected chi connectivity index (χ1v) is 7.17. The fraction of sp³-hybridized carbons (Fsp3) is 0.143. The molecule has 0 fully saturated rings. The van der Waals surface area contributed by atoms with Gasteiger partial charge in [0.25, 0.3) is 0 Å². The molecule has 0 saturated carbocycles. The molecule has 6 heteroatoms.